The third kappa shape index (κ3) is 3.85. The number of piperazine rings is 1. The van der Waals surface area contributed by atoms with Crippen molar-refractivity contribution in [2.45, 2.75) is 5.92 Å². The average Bonchev–Trinajstić information content (AvgIpc) is 2.93. The van der Waals surface area contributed by atoms with Crippen molar-refractivity contribution in [1.82, 2.24) is 15.1 Å². The van der Waals surface area contributed by atoms with E-state index in [1.165, 1.54) is 4.88 Å². The van der Waals surface area contributed by atoms with E-state index in [1.54, 1.807) is 22.3 Å². The number of carbonyl (C=O) groups is 2. The van der Waals surface area contributed by atoms with E-state index in [2.05, 4.69) is 11.4 Å². The van der Waals surface area contributed by atoms with Crippen molar-refractivity contribution in [2.24, 2.45) is 0 Å². The van der Waals surface area contributed by atoms with Gasteiger partial charge < -0.3 is 20.0 Å². The van der Waals surface area contributed by atoms with Crippen LogP contribution in [-0.4, -0.2) is 75.0 Å². The van der Waals surface area contributed by atoms with Crippen molar-refractivity contribution in [3.8, 4) is 0 Å². The lowest BCUT2D eigenvalue weighted by Crippen LogP contribution is -2.51. The highest BCUT2D eigenvalue weighted by atomic mass is 32.1. The minimum absolute atomic E-state index is 0.00394. The van der Waals surface area contributed by atoms with Gasteiger partial charge in [-0.3, -0.25) is 9.59 Å². The number of nitrogens with zero attached hydrogens (tertiary/aromatic N) is 3. The lowest BCUT2D eigenvalue weighted by atomic mass is 10.0. The van der Waals surface area contributed by atoms with E-state index >= 15 is 0 Å². The van der Waals surface area contributed by atoms with E-state index in [9.17, 15) is 9.59 Å². The number of thiophene rings is 1. The molecule has 0 aliphatic carbocycles. The Hall–Kier alpha value is -1.70. The van der Waals surface area contributed by atoms with Crippen molar-refractivity contribution in [2.75, 3.05) is 58.3 Å². The van der Waals surface area contributed by atoms with Crippen LogP contribution in [0.15, 0.2) is 24.3 Å². The standard InChI is InChI=1S/C17H24N4O2S/c1-19(2)7-3-4-15(22)20-8-9-21(16(23)12-20)17-6-5-14(24-17)13-10-18-11-13/h3-6,13,18H,7-12H2,1-2H3/b4-3+. The zero-order valence-corrected chi connectivity index (χ0v) is 15.0. The molecule has 0 spiro atoms. The summed E-state index contributed by atoms with van der Waals surface area (Å²) in [4.78, 5) is 31.4. The first kappa shape index (κ1) is 17.1. The molecule has 1 aromatic rings. The molecule has 0 aromatic carbocycles. The molecule has 2 saturated heterocycles. The molecule has 2 amide bonds. The fourth-order valence-corrected chi connectivity index (χ4v) is 3.91. The zero-order valence-electron chi connectivity index (χ0n) is 14.2. The number of nitrogens with one attached hydrogen (secondary N) is 1. The Balaban J connectivity index is 1.57. The first-order valence-electron chi connectivity index (χ1n) is 8.25. The van der Waals surface area contributed by atoms with Gasteiger partial charge >= 0.3 is 0 Å². The normalized spacial score (nSPS) is 19.4. The van der Waals surface area contributed by atoms with Crippen LogP contribution < -0.4 is 10.2 Å². The quantitative estimate of drug-likeness (QED) is 0.797. The lowest BCUT2D eigenvalue weighted by molar-refractivity contribution is -0.133. The van der Waals surface area contributed by atoms with Gasteiger partial charge in [0.05, 0.1) is 5.00 Å². The molecule has 6 nitrogen and oxygen atoms in total. The maximum absolute atomic E-state index is 12.4. The van der Waals surface area contributed by atoms with E-state index in [-0.39, 0.29) is 18.4 Å². The first-order chi connectivity index (χ1) is 11.5. The summed E-state index contributed by atoms with van der Waals surface area (Å²) in [6, 6.07) is 4.16. The van der Waals surface area contributed by atoms with Gasteiger partial charge in [0.2, 0.25) is 11.8 Å². The number of rotatable bonds is 5. The molecule has 2 fully saturated rings. The highest BCUT2D eigenvalue weighted by molar-refractivity contribution is 7.16. The average molecular weight is 348 g/mol. The van der Waals surface area contributed by atoms with Crippen molar-refractivity contribution < 1.29 is 9.59 Å². The molecule has 3 rings (SSSR count). The molecule has 2 aliphatic heterocycles. The van der Waals surface area contributed by atoms with Crippen LogP contribution in [0.5, 0.6) is 0 Å². The molecule has 0 atom stereocenters. The molecule has 3 heterocycles. The lowest BCUT2D eigenvalue weighted by Gasteiger charge is -2.33. The summed E-state index contributed by atoms with van der Waals surface area (Å²) in [5, 5.41) is 4.27. The van der Waals surface area contributed by atoms with Crippen molar-refractivity contribution in [3.05, 3.63) is 29.2 Å². The Morgan fingerprint density at radius 2 is 2.17 bits per heavy atom. The monoisotopic (exact) mass is 348 g/mol. The Bertz CT molecular complexity index is 636. The predicted octanol–water partition coefficient (Wildman–Crippen LogP) is 0.728. The Morgan fingerprint density at radius 1 is 1.38 bits per heavy atom. The van der Waals surface area contributed by atoms with Gasteiger partial charge in [-0.15, -0.1) is 11.3 Å². The van der Waals surface area contributed by atoms with Crippen LogP contribution in [0.2, 0.25) is 0 Å². The van der Waals surface area contributed by atoms with Gasteiger partial charge in [-0.2, -0.15) is 0 Å². The zero-order chi connectivity index (χ0) is 17.1. The molecule has 7 heteroatoms. The molecule has 0 bridgehead atoms. The molecule has 0 radical (unpaired) electrons. The molecular weight excluding hydrogens is 324 g/mol. The highest BCUT2D eigenvalue weighted by Gasteiger charge is 2.29. The fourth-order valence-electron chi connectivity index (χ4n) is 2.76. The van der Waals surface area contributed by atoms with Gasteiger partial charge in [0.15, 0.2) is 0 Å². The summed E-state index contributed by atoms with van der Waals surface area (Å²) >= 11 is 1.70. The van der Waals surface area contributed by atoms with Crippen molar-refractivity contribution in [3.63, 3.8) is 0 Å². The van der Waals surface area contributed by atoms with Crippen LogP contribution in [0, 0.1) is 0 Å². The number of hydrogen-bond donors (Lipinski definition) is 1. The molecule has 1 N–H and O–H groups in total. The second kappa shape index (κ2) is 7.46. The van der Waals surface area contributed by atoms with Crippen LogP contribution in [0.25, 0.3) is 0 Å². The maximum Gasteiger partial charge on any atom is 0.247 e. The summed E-state index contributed by atoms with van der Waals surface area (Å²) in [6.45, 7) is 4.06. The van der Waals surface area contributed by atoms with E-state index in [0.717, 1.165) is 18.1 Å². The predicted molar refractivity (Wildman–Crippen MR) is 96.6 cm³/mol. The molecule has 0 saturated carbocycles. The summed E-state index contributed by atoms with van der Waals surface area (Å²) in [6.07, 6.45) is 3.40. The van der Waals surface area contributed by atoms with Gasteiger partial charge in [0.1, 0.15) is 6.54 Å². The van der Waals surface area contributed by atoms with Crippen LogP contribution in [0.3, 0.4) is 0 Å². The second-order valence-corrected chi connectivity index (χ2v) is 7.59. The van der Waals surface area contributed by atoms with E-state index in [1.807, 2.05) is 36.0 Å². The number of carbonyl (C=O) groups excluding carboxylic acids is 2. The third-order valence-corrected chi connectivity index (χ3v) is 5.60. The molecule has 2 aliphatic rings. The molecular formula is C17H24N4O2S. The van der Waals surface area contributed by atoms with Crippen LogP contribution >= 0.6 is 11.3 Å². The number of amides is 2. The SMILES string of the molecule is CN(C)C/C=C/C(=O)N1CCN(c2ccc(C3CNC3)s2)C(=O)C1. The Morgan fingerprint density at radius 3 is 2.79 bits per heavy atom. The van der Waals surface area contributed by atoms with E-state index < -0.39 is 0 Å². The molecule has 1 aromatic heterocycles. The van der Waals surface area contributed by atoms with Gasteiger partial charge in [-0.25, -0.2) is 0 Å². The minimum atomic E-state index is -0.0859. The van der Waals surface area contributed by atoms with Crippen molar-refractivity contribution >= 4 is 28.2 Å². The summed E-state index contributed by atoms with van der Waals surface area (Å²) in [7, 11) is 3.90. The summed E-state index contributed by atoms with van der Waals surface area (Å²) < 4.78 is 0. The molecule has 24 heavy (non-hydrogen) atoms. The van der Waals surface area contributed by atoms with Crippen molar-refractivity contribution in [1.29, 1.82) is 0 Å². The first-order valence-corrected chi connectivity index (χ1v) is 9.07. The van der Waals surface area contributed by atoms with Crippen LogP contribution in [-0.2, 0) is 9.59 Å². The Labute approximate surface area is 146 Å². The van der Waals surface area contributed by atoms with Gasteiger partial charge in [0, 0.05) is 49.6 Å². The highest BCUT2D eigenvalue weighted by Crippen LogP contribution is 2.33. The van der Waals surface area contributed by atoms with Gasteiger partial charge in [0.25, 0.3) is 0 Å². The van der Waals surface area contributed by atoms with Gasteiger partial charge in [-0.1, -0.05) is 6.08 Å². The second-order valence-electron chi connectivity index (χ2n) is 6.50. The smallest absolute Gasteiger partial charge is 0.247 e. The van der Waals surface area contributed by atoms with Gasteiger partial charge in [-0.05, 0) is 26.2 Å². The van der Waals surface area contributed by atoms with Crippen LogP contribution in [0.4, 0.5) is 5.00 Å². The maximum atomic E-state index is 12.4. The fraction of sp³-hybridized carbons (Fsp3) is 0.529. The molecule has 130 valence electrons. The third-order valence-electron chi connectivity index (χ3n) is 4.33. The molecule has 0 unspecified atom stereocenters. The summed E-state index contributed by atoms with van der Waals surface area (Å²) in [5.74, 6) is 0.497. The van der Waals surface area contributed by atoms with Crippen LogP contribution in [0.1, 0.15) is 10.8 Å². The Kier molecular flexibility index (Phi) is 5.33. The summed E-state index contributed by atoms with van der Waals surface area (Å²) in [5.41, 5.74) is 0. The number of hydrogen-bond acceptors (Lipinski definition) is 5. The number of likely N-dealkylation sites (N-methyl/N-ethyl adjacent to an activating group) is 1. The minimum Gasteiger partial charge on any atom is -0.328 e. The van der Waals surface area contributed by atoms with E-state index in [4.69, 9.17) is 0 Å². The number of anilines is 1. The topological polar surface area (TPSA) is 55.9 Å². The largest absolute Gasteiger partial charge is 0.328 e. The van der Waals surface area contributed by atoms with E-state index in [0.29, 0.717) is 25.6 Å².